The summed E-state index contributed by atoms with van der Waals surface area (Å²) >= 11 is 0. The Kier molecular flexibility index (Phi) is 5.75. The van der Waals surface area contributed by atoms with Crippen LogP contribution in [0.3, 0.4) is 0 Å². The van der Waals surface area contributed by atoms with Crippen LogP contribution in [-0.4, -0.2) is 57.4 Å². The predicted octanol–water partition coefficient (Wildman–Crippen LogP) is 4.10. The third-order valence-corrected chi connectivity index (χ3v) is 9.62. The standard InChI is InChI=1S/C28H29N7O2S/c36-38(37,22-11-12-22)33-21-13-16-34(17-14-21)18-19-7-9-20(10-8-19)27-31-32-28-23-4-1-2-5-24(23)30-26-25(35(27)28)6-3-15-29-26/h1-10,15,21-22,33H,11-14,16-18H2,(H,29,30). The number of anilines is 2. The number of fused-ring (bicyclic) bond motifs is 5. The van der Waals surface area contributed by atoms with E-state index in [4.69, 9.17) is 0 Å². The Bertz CT molecular complexity index is 1590. The Morgan fingerprint density at radius 1 is 0.895 bits per heavy atom. The van der Waals surface area contributed by atoms with Crippen molar-refractivity contribution in [3.63, 3.8) is 0 Å². The van der Waals surface area contributed by atoms with E-state index >= 15 is 0 Å². The molecule has 2 fully saturated rings. The molecule has 4 heterocycles. The van der Waals surface area contributed by atoms with Crippen LogP contribution in [0.4, 0.5) is 11.5 Å². The Labute approximate surface area is 222 Å². The fourth-order valence-corrected chi connectivity index (χ4v) is 7.04. The molecule has 3 aliphatic rings. The molecule has 0 radical (unpaired) electrons. The van der Waals surface area contributed by atoms with E-state index in [-0.39, 0.29) is 11.3 Å². The molecule has 1 saturated heterocycles. The molecule has 1 saturated carbocycles. The quantitative estimate of drug-likeness (QED) is 0.343. The lowest BCUT2D eigenvalue weighted by Crippen LogP contribution is -2.45. The van der Waals surface area contributed by atoms with Crippen LogP contribution in [0.25, 0.3) is 28.5 Å². The zero-order valence-corrected chi connectivity index (χ0v) is 21.7. The number of aromatic nitrogens is 4. The smallest absolute Gasteiger partial charge is 0.214 e. The molecule has 194 valence electrons. The summed E-state index contributed by atoms with van der Waals surface area (Å²) in [5.74, 6) is 2.31. The first-order chi connectivity index (χ1) is 18.5. The largest absolute Gasteiger partial charge is 0.338 e. The Morgan fingerprint density at radius 2 is 1.66 bits per heavy atom. The number of sulfonamides is 1. The highest BCUT2D eigenvalue weighted by Crippen LogP contribution is 2.39. The van der Waals surface area contributed by atoms with E-state index in [2.05, 4.69) is 59.0 Å². The second kappa shape index (κ2) is 9.30. The Balaban J connectivity index is 1.10. The summed E-state index contributed by atoms with van der Waals surface area (Å²) in [6, 6.07) is 20.6. The first kappa shape index (κ1) is 23.5. The molecule has 2 aromatic carbocycles. The van der Waals surface area contributed by atoms with Crippen molar-refractivity contribution in [3.05, 3.63) is 72.4 Å². The number of benzene rings is 2. The average Bonchev–Trinajstić information content (AvgIpc) is 3.73. The Hall–Kier alpha value is -3.60. The van der Waals surface area contributed by atoms with Crippen LogP contribution in [0.1, 0.15) is 31.2 Å². The molecule has 1 aliphatic carbocycles. The average molecular weight is 528 g/mol. The van der Waals surface area contributed by atoms with Crippen molar-refractivity contribution >= 4 is 21.5 Å². The monoisotopic (exact) mass is 527 g/mol. The molecule has 2 aliphatic heterocycles. The summed E-state index contributed by atoms with van der Waals surface area (Å²) < 4.78 is 29.5. The lowest BCUT2D eigenvalue weighted by Gasteiger charge is -2.32. The van der Waals surface area contributed by atoms with Gasteiger partial charge in [-0.1, -0.05) is 36.4 Å². The normalized spacial score (nSPS) is 17.7. The third kappa shape index (κ3) is 4.38. The maximum absolute atomic E-state index is 12.3. The van der Waals surface area contributed by atoms with Crippen molar-refractivity contribution in [3.8, 4) is 28.5 Å². The minimum atomic E-state index is -3.12. The van der Waals surface area contributed by atoms with E-state index in [0.29, 0.717) is 0 Å². The van der Waals surface area contributed by atoms with Gasteiger partial charge in [-0.05, 0) is 55.5 Å². The number of rotatable bonds is 6. The number of likely N-dealkylation sites (tertiary alicyclic amines) is 1. The molecule has 0 amide bonds. The maximum atomic E-state index is 12.3. The molecule has 2 N–H and O–H groups in total. The summed E-state index contributed by atoms with van der Waals surface area (Å²) in [5.41, 5.74) is 5.03. The predicted molar refractivity (Wildman–Crippen MR) is 147 cm³/mol. The van der Waals surface area contributed by atoms with E-state index in [1.165, 1.54) is 5.56 Å². The number of pyridine rings is 1. The number of nitrogens with one attached hydrogen (secondary N) is 2. The molecule has 7 rings (SSSR count). The number of piperidine rings is 1. The topological polar surface area (TPSA) is 105 Å². The van der Waals surface area contributed by atoms with Crippen LogP contribution >= 0.6 is 0 Å². The molecule has 2 aromatic heterocycles. The van der Waals surface area contributed by atoms with Gasteiger partial charge in [0.25, 0.3) is 0 Å². The lowest BCUT2D eigenvalue weighted by molar-refractivity contribution is 0.200. The van der Waals surface area contributed by atoms with Crippen molar-refractivity contribution in [1.29, 1.82) is 0 Å². The van der Waals surface area contributed by atoms with Crippen molar-refractivity contribution in [2.45, 2.75) is 43.5 Å². The van der Waals surface area contributed by atoms with Gasteiger partial charge in [0.1, 0.15) is 0 Å². The second-order valence-corrected chi connectivity index (χ2v) is 12.3. The van der Waals surface area contributed by atoms with Gasteiger partial charge in [0.15, 0.2) is 17.5 Å². The highest BCUT2D eigenvalue weighted by Gasteiger charge is 2.37. The minimum absolute atomic E-state index is 0.0550. The van der Waals surface area contributed by atoms with Crippen molar-refractivity contribution < 1.29 is 8.42 Å². The maximum Gasteiger partial charge on any atom is 0.214 e. The zero-order chi connectivity index (χ0) is 25.7. The van der Waals surface area contributed by atoms with Crippen LogP contribution in [0.2, 0.25) is 0 Å². The fraction of sp³-hybridized carbons (Fsp3) is 0.321. The summed E-state index contributed by atoms with van der Waals surface area (Å²) in [4.78, 5) is 6.97. The first-order valence-corrected chi connectivity index (χ1v) is 14.7. The molecule has 9 nitrogen and oxygen atoms in total. The van der Waals surface area contributed by atoms with Crippen LogP contribution in [-0.2, 0) is 16.6 Å². The molecular weight excluding hydrogens is 498 g/mol. The SMILES string of the molecule is O=S(=O)(NC1CCN(Cc2ccc(-c3nnc4n3-c3cccnc3Nc3ccccc3-4)cc2)CC1)C1CC1. The number of nitrogens with zero attached hydrogens (tertiary/aromatic N) is 5. The third-order valence-electron chi connectivity index (χ3n) is 7.61. The van der Waals surface area contributed by atoms with Crippen LogP contribution < -0.4 is 10.0 Å². The number of hydrogen-bond acceptors (Lipinski definition) is 7. The first-order valence-electron chi connectivity index (χ1n) is 13.2. The van der Waals surface area contributed by atoms with Crippen molar-refractivity contribution in [2.24, 2.45) is 0 Å². The van der Waals surface area contributed by atoms with Gasteiger partial charge in [-0.25, -0.2) is 18.1 Å². The van der Waals surface area contributed by atoms with E-state index in [0.717, 1.165) is 85.3 Å². The molecule has 10 heteroatoms. The van der Waals surface area contributed by atoms with Gasteiger partial charge in [0, 0.05) is 43.0 Å². The molecule has 38 heavy (non-hydrogen) atoms. The van der Waals surface area contributed by atoms with E-state index < -0.39 is 10.0 Å². The van der Waals surface area contributed by atoms with Crippen LogP contribution in [0, 0.1) is 0 Å². The van der Waals surface area contributed by atoms with Gasteiger partial charge in [0.2, 0.25) is 10.0 Å². The van der Waals surface area contributed by atoms with Crippen molar-refractivity contribution in [2.75, 3.05) is 18.4 Å². The van der Waals surface area contributed by atoms with E-state index in [9.17, 15) is 8.42 Å². The molecule has 0 unspecified atom stereocenters. The fourth-order valence-electron chi connectivity index (χ4n) is 5.40. The second-order valence-electron chi connectivity index (χ2n) is 10.3. The molecular formula is C28H29N7O2S. The molecule has 0 bridgehead atoms. The van der Waals surface area contributed by atoms with Gasteiger partial charge in [-0.15, -0.1) is 10.2 Å². The molecule has 0 atom stereocenters. The van der Waals surface area contributed by atoms with Gasteiger partial charge >= 0.3 is 0 Å². The summed E-state index contributed by atoms with van der Waals surface area (Å²) in [5, 5.41) is 12.5. The summed E-state index contributed by atoms with van der Waals surface area (Å²) in [6.45, 7) is 2.60. The number of para-hydroxylation sites is 1. The highest BCUT2D eigenvalue weighted by atomic mass is 32.2. The summed E-state index contributed by atoms with van der Waals surface area (Å²) in [6.07, 6.45) is 5.08. The van der Waals surface area contributed by atoms with E-state index in [1.807, 2.05) is 36.4 Å². The summed E-state index contributed by atoms with van der Waals surface area (Å²) in [7, 11) is -3.12. The lowest BCUT2D eigenvalue weighted by atomic mass is 10.0. The van der Waals surface area contributed by atoms with Gasteiger partial charge in [-0.2, -0.15) is 0 Å². The number of hydrogen-bond donors (Lipinski definition) is 2. The van der Waals surface area contributed by atoms with Crippen LogP contribution in [0.15, 0.2) is 66.9 Å². The molecule has 4 aromatic rings. The molecule has 0 spiro atoms. The zero-order valence-electron chi connectivity index (χ0n) is 20.9. The van der Waals surface area contributed by atoms with Crippen molar-refractivity contribution in [1.82, 2.24) is 29.4 Å². The Morgan fingerprint density at radius 3 is 2.45 bits per heavy atom. The minimum Gasteiger partial charge on any atom is -0.338 e. The van der Waals surface area contributed by atoms with Gasteiger partial charge in [-0.3, -0.25) is 9.47 Å². The van der Waals surface area contributed by atoms with Gasteiger partial charge in [0.05, 0.1) is 16.6 Å². The van der Waals surface area contributed by atoms with Crippen LogP contribution in [0.5, 0.6) is 0 Å². The van der Waals surface area contributed by atoms with Gasteiger partial charge < -0.3 is 5.32 Å². The van der Waals surface area contributed by atoms with E-state index in [1.54, 1.807) is 6.20 Å². The highest BCUT2D eigenvalue weighted by molar-refractivity contribution is 7.90.